The number of esters is 1. The van der Waals surface area contributed by atoms with Crippen molar-refractivity contribution in [1.29, 1.82) is 0 Å². The van der Waals surface area contributed by atoms with E-state index in [0.717, 1.165) is 16.3 Å². The van der Waals surface area contributed by atoms with Crippen molar-refractivity contribution in [1.82, 2.24) is 0 Å². The van der Waals surface area contributed by atoms with Gasteiger partial charge in [-0.05, 0) is 28.5 Å². The molecule has 2 N–H and O–H groups in total. The highest BCUT2D eigenvalue weighted by Crippen LogP contribution is 2.20. The van der Waals surface area contributed by atoms with E-state index < -0.39 is 0 Å². The predicted octanol–water partition coefficient (Wildman–Crippen LogP) is 2.09. The van der Waals surface area contributed by atoms with Crippen molar-refractivity contribution in [2.75, 3.05) is 7.11 Å². The lowest BCUT2D eigenvalue weighted by molar-refractivity contribution is 0.0601. The SMILES string of the molecule is COC(=O)c1ccc2cccc(CN)c2c1. The van der Waals surface area contributed by atoms with Crippen LogP contribution >= 0.6 is 0 Å². The molecular formula is C13H13NO2. The third-order valence-electron chi connectivity index (χ3n) is 2.61. The van der Waals surface area contributed by atoms with Gasteiger partial charge in [-0.1, -0.05) is 24.3 Å². The number of ether oxygens (including phenoxy) is 1. The topological polar surface area (TPSA) is 52.3 Å². The fourth-order valence-electron chi connectivity index (χ4n) is 1.76. The molecule has 0 saturated carbocycles. The number of nitrogens with two attached hydrogens (primary N) is 1. The Morgan fingerprint density at radius 3 is 2.81 bits per heavy atom. The van der Waals surface area contributed by atoms with Crippen LogP contribution in [0.1, 0.15) is 15.9 Å². The summed E-state index contributed by atoms with van der Waals surface area (Å²) in [5.41, 5.74) is 7.24. The molecule has 0 atom stereocenters. The van der Waals surface area contributed by atoms with E-state index in [1.807, 2.05) is 30.3 Å². The zero-order valence-corrected chi connectivity index (χ0v) is 9.07. The molecule has 16 heavy (non-hydrogen) atoms. The lowest BCUT2D eigenvalue weighted by Gasteiger charge is -2.06. The van der Waals surface area contributed by atoms with Gasteiger partial charge in [0.1, 0.15) is 0 Å². The van der Waals surface area contributed by atoms with Gasteiger partial charge in [0.25, 0.3) is 0 Å². The maximum atomic E-state index is 11.4. The molecular weight excluding hydrogens is 202 g/mol. The van der Waals surface area contributed by atoms with Gasteiger partial charge in [0.05, 0.1) is 12.7 Å². The molecule has 3 nitrogen and oxygen atoms in total. The average Bonchev–Trinajstić information content (AvgIpc) is 2.36. The van der Waals surface area contributed by atoms with Gasteiger partial charge in [-0.25, -0.2) is 4.79 Å². The summed E-state index contributed by atoms with van der Waals surface area (Å²) in [4.78, 5) is 11.4. The molecule has 0 unspecified atom stereocenters. The number of rotatable bonds is 2. The second kappa shape index (κ2) is 4.33. The van der Waals surface area contributed by atoms with Gasteiger partial charge in [0.15, 0.2) is 0 Å². The molecule has 0 aliphatic heterocycles. The summed E-state index contributed by atoms with van der Waals surface area (Å²) in [6, 6.07) is 11.4. The fourth-order valence-corrected chi connectivity index (χ4v) is 1.76. The van der Waals surface area contributed by atoms with E-state index in [4.69, 9.17) is 5.73 Å². The highest BCUT2D eigenvalue weighted by atomic mass is 16.5. The minimum absolute atomic E-state index is 0.325. The summed E-state index contributed by atoms with van der Waals surface area (Å²) in [6.45, 7) is 0.460. The van der Waals surface area contributed by atoms with E-state index in [1.165, 1.54) is 7.11 Å². The van der Waals surface area contributed by atoms with Gasteiger partial charge in [-0.2, -0.15) is 0 Å². The molecule has 2 rings (SSSR count). The molecule has 0 aliphatic carbocycles. The van der Waals surface area contributed by atoms with Crippen molar-refractivity contribution in [3.63, 3.8) is 0 Å². The Labute approximate surface area is 93.8 Å². The molecule has 0 radical (unpaired) electrons. The maximum Gasteiger partial charge on any atom is 0.337 e. The zero-order chi connectivity index (χ0) is 11.5. The summed E-state index contributed by atoms with van der Waals surface area (Å²) in [5.74, 6) is -0.325. The van der Waals surface area contributed by atoms with Crippen molar-refractivity contribution >= 4 is 16.7 Å². The Hall–Kier alpha value is -1.87. The van der Waals surface area contributed by atoms with Crippen LogP contribution in [-0.4, -0.2) is 13.1 Å². The summed E-state index contributed by atoms with van der Waals surface area (Å²) < 4.78 is 4.69. The zero-order valence-electron chi connectivity index (χ0n) is 9.07. The third kappa shape index (κ3) is 1.77. The number of carbonyl (C=O) groups excluding carboxylic acids is 1. The molecule has 0 fully saturated rings. The Bertz CT molecular complexity index is 534. The second-order valence-electron chi connectivity index (χ2n) is 3.55. The summed E-state index contributed by atoms with van der Waals surface area (Å²) in [6.07, 6.45) is 0. The molecule has 0 aliphatic rings. The Balaban J connectivity index is 2.63. The van der Waals surface area contributed by atoms with Gasteiger partial charge in [-0.3, -0.25) is 0 Å². The normalized spacial score (nSPS) is 10.4. The maximum absolute atomic E-state index is 11.4. The van der Waals surface area contributed by atoms with Gasteiger partial charge in [0.2, 0.25) is 0 Å². The van der Waals surface area contributed by atoms with Gasteiger partial charge in [-0.15, -0.1) is 0 Å². The van der Waals surface area contributed by atoms with Crippen LogP contribution in [0.4, 0.5) is 0 Å². The first kappa shape index (κ1) is 10.6. The fraction of sp³-hybridized carbons (Fsp3) is 0.154. The highest BCUT2D eigenvalue weighted by Gasteiger charge is 2.07. The largest absolute Gasteiger partial charge is 0.465 e. The first-order valence-electron chi connectivity index (χ1n) is 5.06. The van der Waals surface area contributed by atoms with Crippen LogP contribution in [0.15, 0.2) is 36.4 Å². The van der Waals surface area contributed by atoms with E-state index >= 15 is 0 Å². The Morgan fingerprint density at radius 2 is 2.12 bits per heavy atom. The predicted molar refractivity (Wildman–Crippen MR) is 63.2 cm³/mol. The van der Waals surface area contributed by atoms with E-state index in [2.05, 4.69) is 4.74 Å². The molecule has 0 heterocycles. The Kier molecular flexibility index (Phi) is 2.88. The summed E-state index contributed by atoms with van der Waals surface area (Å²) in [7, 11) is 1.38. The third-order valence-corrected chi connectivity index (χ3v) is 2.61. The molecule has 0 spiro atoms. The molecule has 2 aromatic carbocycles. The molecule has 3 heteroatoms. The van der Waals surface area contributed by atoms with E-state index in [0.29, 0.717) is 12.1 Å². The van der Waals surface area contributed by atoms with Crippen molar-refractivity contribution in [3.8, 4) is 0 Å². The molecule has 0 bridgehead atoms. The number of benzene rings is 2. The van der Waals surface area contributed by atoms with E-state index in [9.17, 15) is 4.79 Å². The molecule has 0 aromatic heterocycles. The summed E-state index contributed by atoms with van der Waals surface area (Å²) >= 11 is 0. The van der Waals surface area contributed by atoms with Crippen LogP contribution in [0.25, 0.3) is 10.8 Å². The minimum Gasteiger partial charge on any atom is -0.465 e. The number of fused-ring (bicyclic) bond motifs is 1. The molecule has 0 saturated heterocycles. The number of hydrogen-bond donors (Lipinski definition) is 1. The van der Waals surface area contributed by atoms with Crippen molar-refractivity contribution in [2.45, 2.75) is 6.54 Å². The Morgan fingerprint density at radius 1 is 1.31 bits per heavy atom. The average molecular weight is 215 g/mol. The monoisotopic (exact) mass is 215 g/mol. The van der Waals surface area contributed by atoms with Gasteiger partial charge < -0.3 is 10.5 Å². The van der Waals surface area contributed by atoms with Crippen LogP contribution in [0, 0.1) is 0 Å². The standard InChI is InChI=1S/C13H13NO2/c1-16-13(15)10-6-5-9-3-2-4-11(8-14)12(9)7-10/h2-7H,8,14H2,1H3. The van der Waals surface area contributed by atoms with Crippen LogP contribution in [0.2, 0.25) is 0 Å². The number of methoxy groups -OCH3 is 1. The van der Waals surface area contributed by atoms with Gasteiger partial charge in [0, 0.05) is 6.54 Å². The lowest BCUT2D eigenvalue weighted by atomic mass is 10.0. The lowest BCUT2D eigenvalue weighted by Crippen LogP contribution is -2.02. The van der Waals surface area contributed by atoms with Crippen LogP contribution in [0.3, 0.4) is 0 Å². The summed E-state index contributed by atoms with van der Waals surface area (Å²) in [5, 5.41) is 2.09. The minimum atomic E-state index is -0.325. The van der Waals surface area contributed by atoms with Crippen molar-refractivity contribution in [2.24, 2.45) is 5.73 Å². The van der Waals surface area contributed by atoms with Crippen LogP contribution < -0.4 is 5.73 Å². The van der Waals surface area contributed by atoms with E-state index in [1.54, 1.807) is 6.07 Å². The first-order valence-corrected chi connectivity index (χ1v) is 5.06. The van der Waals surface area contributed by atoms with Crippen molar-refractivity contribution < 1.29 is 9.53 Å². The first-order chi connectivity index (χ1) is 7.76. The van der Waals surface area contributed by atoms with Gasteiger partial charge >= 0.3 is 5.97 Å². The number of carbonyl (C=O) groups is 1. The molecule has 82 valence electrons. The van der Waals surface area contributed by atoms with Crippen molar-refractivity contribution in [3.05, 3.63) is 47.5 Å². The molecule has 2 aromatic rings. The molecule has 0 amide bonds. The van der Waals surface area contributed by atoms with Crippen LogP contribution in [0.5, 0.6) is 0 Å². The number of hydrogen-bond acceptors (Lipinski definition) is 3. The highest BCUT2D eigenvalue weighted by molar-refractivity contribution is 5.96. The van der Waals surface area contributed by atoms with E-state index in [-0.39, 0.29) is 5.97 Å². The van der Waals surface area contributed by atoms with Crippen LogP contribution in [-0.2, 0) is 11.3 Å². The smallest absolute Gasteiger partial charge is 0.337 e. The quantitative estimate of drug-likeness (QED) is 0.780. The second-order valence-corrected chi connectivity index (χ2v) is 3.55.